The van der Waals surface area contributed by atoms with Gasteiger partial charge in [0, 0.05) is 11.8 Å². The largest absolute Gasteiger partial charge is 0.508 e. The molecular formula is C8H6F3NO2. The smallest absolute Gasteiger partial charge is 0.454 e. The predicted molar refractivity (Wildman–Crippen MR) is 42.9 cm³/mol. The van der Waals surface area contributed by atoms with E-state index >= 15 is 0 Å². The van der Waals surface area contributed by atoms with E-state index in [-0.39, 0.29) is 5.75 Å². The highest BCUT2D eigenvalue weighted by Gasteiger charge is 2.40. The Morgan fingerprint density at radius 2 is 1.93 bits per heavy atom. The highest BCUT2D eigenvalue weighted by molar-refractivity contribution is 6.04. The van der Waals surface area contributed by atoms with Crippen molar-refractivity contribution in [1.29, 1.82) is 0 Å². The third kappa shape index (κ3) is 1.95. The molecule has 0 aliphatic rings. The number of ketones is 1. The van der Waals surface area contributed by atoms with E-state index in [1.54, 1.807) is 0 Å². The Morgan fingerprint density at radius 1 is 1.36 bits per heavy atom. The van der Waals surface area contributed by atoms with Gasteiger partial charge < -0.3 is 10.8 Å². The Hall–Kier alpha value is -1.72. The molecule has 0 radical (unpaired) electrons. The molecule has 0 saturated carbocycles. The van der Waals surface area contributed by atoms with Gasteiger partial charge in [-0.25, -0.2) is 0 Å². The Morgan fingerprint density at radius 3 is 2.36 bits per heavy atom. The summed E-state index contributed by atoms with van der Waals surface area (Å²) in [4.78, 5) is 10.7. The number of carbonyl (C=O) groups is 1. The van der Waals surface area contributed by atoms with Crippen LogP contribution in [0.15, 0.2) is 18.2 Å². The fraction of sp³-hybridized carbons (Fsp3) is 0.125. The third-order valence-corrected chi connectivity index (χ3v) is 1.54. The number of phenolic OH excluding ortho intramolecular Hbond substituents is 1. The second-order valence-electron chi connectivity index (χ2n) is 2.60. The second-order valence-corrected chi connectivity index (χ2v) is 2.60. The van der Waals surface area contributed by atoms with Crippen LogP contribution >= 0.6 is 0 Å². The summed E-state index contributed by atoms with van der Waals surface area (Å²) < 4.78 is 35.8. The fourth-order valence-electron chi connectivity index (χ4n) is 0.910. The van der Waals surface area contributed by atoms with Crippen LogP contribution in [0.1, 0.15) is 10.4 Å². The van der Waals surface area contributed by atoms with E-state index in [9.17, 15) is 18.0 Å². The maximum absolute atomic E-state index is 11.9. The van der Waals surface area contributed by atoms with E-state index in [0.29, 0.717) is 0 Å². The lowest BCUT2D eigenvalue weighted by atomic mass is 10.1. The average molecular weight is 205 g/mol. The Labute approximate surface area is 77.0 Å². The molecule has 3 nitrogen and oxygen atoms in total. The zero-order valence-corrected chi connectivity index (χ0v) is 6.80. The van der Waals surface area contributed by atoms with Crippen molar-refractivity contribution >= 4 is 11.5 Å². The van der Waals surface area contributed by atoms with E-state index in [1.807, 2.05) is 0 Å². The number of Topliss-reactive ketones (excluding diaryl/α,β-unsaturated/α-hetero) is 1. The van der Waals surface area contributed by atoms with E-state index in [1.165, 1.54) is 0 Å². The van der Waals surface area contributed by atoms with Gasteiger partial charge in [-0.3, -0.25) is 4.79 Å². The minimum atomic E-state index is -4.95. The van der Waals surface area contributed by atoms with Crippen LogP contribution in [-0.2, 0) is 0 Å². The number of anilines is 1. The SMILES string of the molecule is Nc1cc(O)ccc1C(=O)C(F)(F)F. The van der Waals surface area contributed by atoms with Gasteiger partial charge in [0.1, 0.15) is 5.75 Å². The number of phenols is 1. The number of nitrogens with two attached hydrogens (primary N) is 1. The van der Waals surface area contributed by atoms with Crippen molar-refractivity contribution in [3.8, 4) is 5.75 Å². The zero-order chi connectivity index (χ0) is 10.9. The highest BCUT2D eigenvalue weighted by Crippen LogP contribution is 2.26. The lowest BCUT2D eigenvalue weighted by Crippen LogP contribution is -2.23. The maximum atomic E-state index is 11.9. The van der Waals surface area contributed by atoms with Gasteiger partial charge >= 0.3 is 6.18 Å². The molecule has 1 rings (SSSR count). The zero-order valence-electron chi connectivity index (χ0n) is 6.80. The number of halogens is 3. The number of benzene rings is 1. The molecule has 0 spiro atoms. The van der Waals surface area contributed by atoms with Crippen molar-refractivity contribution in [2.24, 2.45) is 0 Å². The molecule has 3 N–H and O–H groups in total. The number of carbonyl (C=O) groups excluding carboxylic acids is 1. The lowest BCUT2D eigenvalue weighted by molar-refractivity contribution is -0.0884. The quantitative estimate of drug-likeness (QED) is 0.542. The van der Waals surface area contributed by atoms with E-state index < -0.39 is 23.2 Å². The van der Waals surface area contributed by atoms with Crippen LogP contribution in [0.25, 0.3) is 0 Å². The molecule has 0 unspecified atom stereocenters. The summed E-state index contributed by atoms with van der Waals surface area (Å²) in [5.41, 5.74) is 4.09. The number of nitrogen functional groups attached to an aromatic ring is 1. The van der Waals surface area contributed by atoms with Gasteiger partial charge in [0.2, 0.25) is 0 Å². The Balaban J connectivity index is 3.15. The first-order valence-electron chi connectivity index (χ1n) is 3.52. The van der Waals surface area contributed by atoms with Gasteiger partial charge in [0.05, 0.1) is 5.56 Å². The second kappa shape index (κ2) is 3.21. The molecule has 0 amide bonds. The van der Waals surface area contributed by atoms with Gasteiger partial charge in [-0.1, -0.05) is 0 Å². The fourth-order valence-corrected chi connectivity index (χ4v) is 0.910. The summed E-state index contributed by atoms with van der Waals surface area (Å²) in [5, 5.41) is 8.85. The van der Waals surface area contributed by atoms with Crippen LogP contribution in [0.5, 0.6) is 5.75 Å². The summed E-state index contributed by atoms with van der Waals surface area (Å²) >= 11 is 0. The van der Waals surface area contributed by atoms with Crippen molar-refractivity contribution in [3.63, 3.8) is 0 Å². The van der Waals surface area contributed by atoms with Crippen LogP contribution < -0.4 is 5.73 Å². The normalized spacial score (nSPS) is 11.4. The van der Waals surface area contributed by atoms with Crippen LogP contribution in [0.2, 0.25) is 0 Å². The first-order valence-corrected chi connectivity index (χ1v) is 3.52. The molecule has 14 heavy (non-hydrogen) atoms. The molecule has 0 heterocycles. The van der Waals surface area contributed by atoms with Crippen LogP contribution in [-0.4, -0.2) is 17.1 Å². The number of aromatic hydroxyl groups is 1. The van der Waals surface area contributed by atoms with Gasteiger partial charge in [-0.15, -0.1) is 0 Å². The Bertz CT molecular complexity index is 373. The number of hydrogen-bond donors (Lipinski definition) is 2. The minimum absolute atomic E-state index is 0.291. The molecule has 0 fully saturated rings. The monoisotopic (exact) mass is 205 g/mol. The van der Waals surface area contributed by atoms with E-state index in [4.69, 9.17) is 10.8 Å². The molecule has 6 heteroatoms. The van der Waals surface area contributed by atoms with Crippen LogP contribution in [0, 0.1) is 0 Å². The minimum Gasteiger partial charge on any atom is -0.508 e. The van der Waals surface area contributed by atoms with Gasteiger partial charge in [-0.2, -0.15) is 13.2 Å². The van der Waals surface area contributed by atoms with Crippen molar-refractivity contribution in [1.82, 2.24) is 0 Å². The van der Waals surface area contributed by atoms with Crippen LogP contribution in [0.4, 0.5) is 18.9 Å². The van der Waals surface area contributed by atoms with Gasteiger partial charge in [0.25, 0.3) is 5.78 Å². The standard InChI is InChI=1S/C8H6F3NO2/c9-8(10,11)7(14)5-2-1-4(13)3-6(5)12/h1-3,13H,12H2. The molecular weight excluding hydrogens is 199 g/mol. The van der Waals surface area contributed by atoms with E-state index in [0.717, 1.165) is 18.2 Å². The Kier molecular flexibility index (Phi) is 2.37. The van der Waals surface area contributed by atoms with E-state index in [2.05, 4.69) is 0 Å². The maximum Gasteiger partial charge on any atom is 0.454 e. The third-order valence-electron chi connectivity index (χ3n) is 1.54. The molecule has 0 saturated heterocycles. The van der Waals surface area contributed by atoms with Gasteiger partial charge in [0.15, 0.2) is 0 Å². The summed E-state index contributed by atoms with van der Waals surface area (Å²) in [5.74, 6) is -2.31. The first-order chi connectivity index (χ1) is 6.32. The molecule has 76 valence electrons. The summed E-state index contributed by atoms with van der Waals surface area (Å²) in [6.07, 6.45) is -4.95. The molecule has 0 aromatic heterocycles. The average Bonchev–Trinajstić information content (AvgIpc) is 2.01. The number of hydrogen-bond acceptors (Lipinski definition) is 3. The molecule has 1 aromatic carbocycles. The highest BCUT2D eigenvalue weighted by atomic mass is 19.4. The van der Waals surface area contributed by atoms with Crippen molar-refractivity contribution in [2.45, 2.75) is 6.18 Å². The number of rotatable bonds is 1. The topological polar surface area (TPSA) is 63.3 Å². The van der Waals surface area contributed by atoms with Crippen molar-refractivity contribution in [2.75, 3.05) is 5.73 Å². The lowest BCUT2D eigenvalue weighted by Gasteiger charge is -2.07. The molecule has 0 aliphatic heterocycles. The molecule has 0 atom stereocenters. The van der Waals surface area contributed by atoms with Crippen molar-refractivity contribution < 1.29 is 23.1 Å². The molecule has 0 bridgehead atoms. The summed E-state index contributed by atoms with van der Waals surface area (Å²) in [6.45, 7) is 0. The summed E-state index contributed by atoms with van der Waals surface area (Å²) in [6, 6.07) is 2.69. The first kappa shape index (κ1) is 10.4. The van der Waals surface area contributed by atoms with Gasteiger partial charge in [-0.05, 0) is 12.1 Å². The van der Waals surface area contributed by atoms with Crippen LogP contribution in [0.3, 0.4) is 0 Å². The molecule has 1 aromatic rings. The molecule has 0 aliphatic carbocycles. The predicted octanol–water partition coefficient (Wildman–Crippen LogP) is 1.72. The summed E-state index contributed by atoms with van der Waals surface area (Å²) in [7, 11) is 0. The number of alkyl halides is 3. The van der Waals surface area contributed by atoms with Crippen molar-refractivity contribution in [3.05, 3.63) is 23.8 Å².